The van der Waals surface area contributed by atoms with E-state index in [2.05, 4.69) is 5.32 Å². The van der Waals surface area contributed by atoms with Gasteiger partial charge in [-0.3, -0.25) is 4.79 Å². The molecule has 6 heteroatoms. The lowest BCUT2D eigenvalue weighted by molar-refractivity contribution is 0.0693. The van der Waals surface area contributed by atoms with Crippen LogP contribution in [0.15, 0.2) is 30.3 Å². The summed E-state index contributed by atoms with van der Waals surface area (Å²) in [6.07, 6.45) is 0. The van der Waals surface area contributed by atoms with Gasteiger partial charge in [0.25, 0.3) is 5.91 Å². The molecule has 2 aromatic rings. The Hall–Kier alpha value is -2.53. The number of amides is 1. The number of aromatic carboxylic acids is 1. The lowest BCUT2D eigenvalue weighted by atomic mass is 10.1. The van der Waals surface area contributed by atoms with Gasteiger partial charge in [0, 0.05) is 22.3 Å². The van der Waals surface area contributed by atoms with E-state index in [0.29, 0.717) is 16.3 Å². The maximum Gasteiger partial charge on any atom is 0.339 e. The van der Waals surface area contributed by atoms with Crippen LogP contribution >= 0.6 is 11.6 Å². The molecule has 0 aliphatic heterocycles. The van der Waals surface area contributed by atoms with Crippen molar-refractivity contribution in [3.8, 4) is 5.75 Å². The average molecular weight is 320 g/mol. The molecule has 0 heterocycles. The van der Waals surface area contributed by atoms with Gasteiger partial charge in [0.1, 0.15) is 11.3 Å². The van der Waals surface area contributed by atoms with Gasteiger partial charge < -0.3 is 15.5 Å². The number of phenols is 1. The van der Waals surface area contributed by atoms with Gasteiger partial charge in [-0.05, 0) is 49.2 Å². The highest BCUT2D eigenvalue weighted by atomic mass is 35.5. The van der Waals surface area contributed by atoms with Crippen LogP contribution in [0.3, 0.4) is 0 Å². The molecule has 0 fully saturated rings. The fraction of sp³-hybridized carbons (Fsp3) is 0.125. The normalized spacial score (nSPS) is 10.3. The SMILES string of the molecule is Cc1cc(C(=O)Nc2ccc(C(=O)O)c(O)c2)cc(Cl)c1C. The number of carbonyl (C=O) groups is 2. The van der Waals surface area contributed by atoms with Crippen molar-refractivity contribution in [2.45, 2.75) is 13.8 Å². The predicted octanol–water partition coefficient (Wildman–Crippen LogP) is 3.61. The number of hydrogen-bond donors (Lipinski definition) is 3. The zero-order valence-corrected chi connectivity index (χ0v) is 12.7. The summed E-state index contributed by atoms with van der Waals surface area (Å²) in [7, 11) is 0. The molecule has 0 aliphatic rings. The number of halogens is 1. The summed E-state index contributed by atoms with van der Waals surface area (Å²) in [4.78, 5) is 23.0. The van der Waals surface area contributed by atoms with E-state index in [4.69, 9.17) is 16.7 Å². The monoisotopic (exact) mass is 319 g/mol. The summed E-state index contributed by atoms with van der Waals surface area (Å²) in [5.74, 6) is -2.05. The molecule has 0 saturated heterocycles. The molecule has 1 amide bonds. The predicted molar refractivity (Wildman–Crippen MR) is 83.9 cm³/mol. The van der Waals surface area contributed by atoms with Gasteiger partial charge in [-0.1, -0.05) is 11.6 Å². The molecule has 114 valence electrons. The van der Waals surface area contributed by atoms with Gasteiger partial charge in [-0.2, -0.15) is 0 Å². The van der Waals surface area contributed by atoms with Crippen LogP contribution in [-0.4, -0.2) is 22.1 Å². The standard InChI is InChI=1S/C16H14ClNO4/c1-8-5-10(6-13(17)9(8)2)15(20)18-11-3-4-12(16(21)22)14(19)7-11/h3-7,19H,1-2H3,(H,18,20)(H,21,22). The lowest BCUT2D eigenvalue weighted by Crippen LogP contribution is -2.12. The molecule has 2 rings (SSSR count). The number of carboxylic acid groups (broad SMARTS) is 1. The molecule has 0 bridgehead atoms. The average Bonchev–Trinajstić information content (AvgIpc) is 2.43. The highest BCUT2D eigenvalue weighted by Crippen LogP contribution is 2.24. The van der Waals surface area contributed by atoms with Crippen LogP contribution in [0.1, 0.15) is 31.8 Å². The number of rotatable bonds is 3. The lowest BCUT2D eigenvalue weighted by Gasteiger charge is -2.10. The number of anilines is 1. The highest BCUT2D eigenvalue weighted by Gasteiger charge is 2.13. The number of aryl methyl sites for hydroxylation is 1. The topological polar surface area (TPSA) is 86.6 Å². The second-order valence-electron chi connectivity index (χ2n) is 4.89. The van der Waals surface area contributed by atoms with E-state index in [1.54, 1.807) is 12.1 Å². The third kappa shape index (κ3) is 3.20. The molecule has 0 aliphatic carbocycles. The Morgan fingerprint density at radius 1 is 1.14 bits per heavy atom. The first-order valence-electron chi connectivity index (χ1n) is 6.44. The molecular formula is C16H14ClNO4. The first-order chi connectivity index (χ1) is 10.3. The summed E-state index contributed by atoms with van der Waals surface area (Å²) in [6.45, 7) is 3.72. The number of aromatic hydroxyl groups is 1. The summed E-state index contributed by atoms with van der Waals surface area (Å²) >= 11 is 6.06. The van der Waals surface area contributed by atoms with Crippen molar-refractivity contribution < 1.29 is 19.8 Å². The van der Waals surface area contributed by atoms with Crippen LogP contribution in [0.25, 0.3) is 0 Å². The second-order valence-corrected chi connectivity index (χ2v) is 5.30. The minimum absolute atomic E-state index is 0.229. The quantitative estimate of drug-likeness (QED) is 0.806. The summed E-state index contributed by atoms with van der Waals surface area (Å²) in [5, 5.41) is 21.5. The molecule has 3 N–H and O–H groups in total. The van der Waals surface area contributed by atoms with Gasteiger partial charge in [-0.25, -0.2) is 4.79 Å². The van der Waals surface area contributed by atoms with Crippen molar-refractivity contribution in [2.24, 2.45) is 0 Å². The third-order valence-corrected chi connectivity index (χ3v) is 3.74. The molecule has 0 saturated carbocycles. The number of hydrogen-bond acceptors (Lipinski definition) is 3. The molecule has 0 spiro atoms. The maximum absolute atomic E-state index is 12.2. The largest absolute Gasteiger partial charge is 0.507 e. The molecule has 0 radical (unpaired) electrons. The Labute approximate surface area is 132 Å². The van der Waals surface area contributed by atoms with Gasteiger partial charge in [-0.15, -0.1) is 0 Å². The summed E-state index contributed by atoms with van der Waals surface area (Å²) in [5.41, 5.74) is 2.24. The highest BCUT2D eigenvalue weighted by molar-refractivity contribution is 6.32. The molecule has 2 aromatic carbocycles. The molecule has 0 atom stereocenters. The molecular weight excluding hydrogens is 306 g/mol. The van der Waals surface area contributed by atoms with Crippen LogP contribution in [0.4, 0.5) is 5.69 Å². The third-order valence-electron chi connectivity index (χ3n) is 3.35. The van der Waals surface area contributed by atoms with Crippen LogP contribution in [0.5, 0.6) is 5.75 Å². The van der Waals surface area contributed by atoms with Gasteiger partial charge in [0.05, 0.1) is 0 Å². The molecule has 22 heavy (non-hydrogen) atoms. The van der Waals surface area contributed by atoms with Crippen LogP contribution in [0, 0.1) is 13.8 Å². The number of nitrogens with one attached hydrogen (secondary N) is 1. The summed E-state index contributed by atoms with van der Waals surface area (Å²) < 4.78 is 0. The zero-order valence-electron chi connectivity index (χ0n) is 12.0. The maximum atomic E-state index is 12.2. The number of carbonyl (C=O) groups excluding carboxylic acids is 1. The van der Waals surface area contributed by atoms with Crippen molar-refractivity contribution in [1.82, 2.24) is 0 Å². The minimum atomic E-state index is -1.24. The van der Waals surface area contributed by atoms with Gasteiger partial charge in [0.15, 0.2) is 0 Å². The fourth-order valence-electron chi connectivity index (χ4n) is 1.94. The van der Waals surface area contributed by atoms with Crippen molar-refractivity contribution >= 4 is 29.2 Å². The fourth-order valence-corrected chi connectivity index (χ4v) is 2.21. The first-order valence-corrected chi connectivity index (χ1v) is 6.82. The van der Waals surface area contributed by atoms with E-state index in [-0.39, 0.29) is 5.56 Å². The van der Waals surface area contributed by atoms with E-state index in [1.807, 2.05) is 13.8 Å². The van der Waals surface area contributed by atoms with Crippen molar-refractivity contribution in [3.05, 3.63) is 57.6 Å². The number of benzene rings is 2. The van der Waals surface area contributed by atoms with E-state index in [9.17, 15) is 14.7 Å². The van der Waals surface area contributed by atoms with Crippen molar-refractivity contribution in [3.63, 3.8) is 0 Å². The van der Waals surface area contributed by atoms with Crippen LogP contribution < -0.4 is 5.32 Å². The Bertz CT molecular complexity index is 748. The van der Waals surface area contributed by atoms with E-state index >= 15 is 0 Å². The van der Waals surface area contributed by atoms with Crippen LogP contribution in [-0.2, 0) is 0 Å². The van der Waals surface area contributed by atoms with E-state index < -0.39 is 17.6 Å². The Balaban J connectivity index is 2.26. The Morgan fingerprint density at radius 3 is 2.36 bits per heavy atom. The smallest absolute Gasteiger partial charge is 0.339 e. The zero-order chi connectivity index (χ0) is 16.4. The Morgan fingerprint density at radius 2 is 1.82 bits per heavy atom. The van der Waals surface area contributed by atoms with Crippen molar-refractivity contribution in [1.29, 1.82) is 0 Å². The van der Waals surface area contributed by atoms with Gasteiger partial charge in [0.2, 0.25) is 0 Å². The van der Waals surface area contributed by atoms with Gasteiger partial charge >= 0.3 is 5.97 Å². The summed E-state index contributed by atoms with van der Waals surface area (Å²) in [6, 6.07) is 7.08. The first kappa shape index (κ1) is 15.9. The molecule has 0 aromatic heterocycles. The second kappa shape index (κ2) is 6.07. The van der Waals surface area contributed by atoms with Crippen LogP contribution in [0.2, 0.25) is 5.02 Å². The molecule has 5 nitrogen and oxygen atoms in total. The van der Waals surface area contributed by atoms with E-state index in [1.165, 1.54) is 18.2 Å². The van der Waals surface area contributed by atoms with Crippen molar-refractivity contribution in [2.75, 3.05) is 5.32 Å². The Kier molecular flexibility index (Phi) is 4.37. The molecule has 0 unspecified atom stereocenters. The number of carboxylic acids is 1. The van der Waals surface area contributed by atoms with E-state index in [0.717, 1.165) is 11.1 Å². The minimum Gasteiger partial charge on any atom is -0.507 e.